The van der Waals surface area contributed by atoms with Gasteiger partial charge in [-0.2, -0.15) is 0 Å². The van der Waals surface area contributed by atoms with Gasteiger partial charge in [-0.15, -0.1) is 11.3 Å². The minimum atomic E-state index is -0.248. The van der Waals surface area contributed by atoms with Crippen molar-refractivity contribution in [3.8, 4) is 10.7 Å². The Morgan fingerprint density at radius 3 is 2.58 bits per heavy atom. The number of aryl methyl sites for hydroxylation is 1. The Kier molecular flexibility index (Phi) is 3.49. The van der Waals surface area contributed by atoms with Crippen molar-refractivity contribution in [1.82, 2.24) is 14.9 Å². The van der Waals surface area contributed by atoms with Crippen LogP contribution in [0.25, 0.3) is 10.7 Å². The Labute approximate surface area is 117 Å². The first-order valence-electron chi connectivity index (χ1n) is 6.18. The van der Waals surface area contributed by atoms with Gasteiger partial charge in [0.15, 0.2) is 0 Å². The van der Waals surface area contributed by atoms with Crippen LogP contribution in [-0.2, 0) is 7.05 Å². The third kappa shape index (κ3) is 3.04. The number of rotatable bonds is 2. The van der Waals surface area contributed by atoms with Gasteiger partial charge in [0.25, 0.3) is 5.91 Å². The second-order valence-corrected chi connectivity index (χ2v) is 6.52. The molecule has 0 spiro atoms. The monoisotopic (exact) mass is 277 g/mol. The first-order chi connectivity index (χ1) is 8.78. The predicted molar refractivity (Wildman–Crippen MR) is 78.5 cm³/mol. The minimum Gasteiger partial charge on any atom is -0.346 e. The molecule has 2 rings (SSSR count). The summed E-state index contributed by atoms with van der Waals surface area (Å²) in [5.41, 5.74) is 2.44. The maximum absolute atomic E-state index is 12.0. The van der Waals surface area contributed by atoms with Crippen LogP contribution >= 0.6 is 11.3 Å². The molecular weight excluding hydrogens is 258 g/mol. The van der Waals surface area contributed by atoms with Crippen molar-refractivity contribution in [2.24, 2.45) is 7.05 Å². The molecule has 4 nitrogen and oxygen atoms in total. The number of thiazole rings is 1. The Morgan fingerprint density at radius 2 is 2.05 bits per heavy atom. The molecule has 2 aromatic rings. The Hall–Kier alpha value is -1.62. The van der Waals surface area contributed by atoms with Crippen LogP contribution in [0.2, 0.25) is 0 Å². The smallest absolute Gasteiger partial charge is 0.271 e. The fourth-order valence-corrected chi connectivity index (χ4v) is 2.59. The van der Waals surface area contributed by atoms with Crippen LogP contribution in [0.15, 0.2) is 17.5 Å². The zero-order valence-corrected chi connectivity index (χ0v) is 12.8. The van der Waals surface area contributed by atoms with Crippen molar-refractivity contribution < 1.29 is 4.79 Å². The Morgan fingerprint density at radius 1 is 1.37 bits per heavy atom. The van der Waals surface area contributed by atoms with Crippen LogP contribution in [0.3, 0.4) is 0 Å². The normalized spacial score (nSPS) is 11.6. The number of carbonyl (C=O) groups excluding carboxylic acids is 1. The van der Waals surface area contributed by atoms with E-state index in [0.717, 1.165) is 10.7 Å². The highest BCUT2D eigenvalue weighted by atomic mass is 32.1. The third-order valence-electron chi connectivity index (χ3n) is 2.82. The van der Waals surface area contributed by atoms with Crippen LogP contribution in [0.1, 0.15) is 37.0 Å². The molecule has 2 aromatic heterocycles. The van der Waals surface area contributed by atoms with Crippen LogP contribution in [0.5, 0.6) is 0 Å². The van der Waals surface area contributed by atoms with Crippen LogP contribution in [-0.4, -0.2) is 21.0 Å². The number of nitrogens with zero attached hydrogens (tertiary/aromatic N) is 2. The van der Waals surface area contributed by atoms with Crippen LogP contribution in [0, 0.1) is 6.92 Å². The minimum absolute atomic E-state index is 0.124. The zero-order chi connectivity index (χ0) is 14.2. The van der Waals surface area contributed by atoms with Crippen molar-refractivity contribution in [2.75, 3.05) is 0 Å². The van der Waals surface area contributed by atoms with Crippen molar-refractivity contribution >= 4 is 17.2 Å². The van der Waals surface area contributed by atoms with E-state index in [1.54, 1.807) is 5.38 Å². The number of nitrogens with one attached hydrogen (secondary N) is 1. The summed E-state index contributed by atoms with van der Waals surface area (Å²) in [6.45, 7) is 7.92. The summed E-state index contributed by atoms with van der Waals surface area (Å²) in [6, 6.07) is 4.07. The van der Waals surface area contributed by atoms with E-state index in [1.165, 1.54) is 17.0 Å². The summed E-state index contributed by atoms with van der Waals surface area (Å²) in [5.74, 6) is -0.124. The molecule has 2 heterocycles. The first-order valence-corrected chi connectivity index (χ1v) is 7.06. The SMILES string of the molecule is Cc1ccc(-c2nc(C(=O)NC(C)(C)C)cs2)n1C. The largest absolute Gasteiger partial charge is 0.346 e. The Balaban J connectivity index is 2.25. The molecule has 0 aliphatic carbocycles. The second kappa shape index (κ2) is 4.81. The lowest BCUT2D eigenvalue weighted by molar-refractivity contribution is 0.0915. The fourth-order valence-electron chi connectivity index (χ4n) is 1.73. The second-order valence-electron chi connectivity index (χ2n) is 5.66. The van der Waals surface area contributed by atoms with E-state index in [2.05, 4.69) is 14.9 Å². The van der Waals surface area contributed by atoms with Gasteiger partial charge in [-0.1, -0.05) is 0 Å². The van der Waals surface area contributed by atoms with Gasteiger partial charge in [0.05, 0.1) is 5.69 Å². The van der Waals surface area contributed by atoms with Gasteiger partial charge in [-0.25, -0.2) is 4.98 Å². The molecule has 0 aromatic carbocycles. The molecule has 19 heavy (non-hydrogen) atoms. The molecule has 0 aliphatic heterocycles. The number of amides is 1. The average molecular weight is 277 g/mol. The molecule has 102 valence electrons. The highest BCUT2D eigenvalue weighted by molar-refractivity contribution is 7.13. The molecule has 0 saturated heterocycles. The standard InChI is InChI=1S/C14H19N3OS/c1-9-6-7-11(17(9)5)13-15-10(8-19-13)12(18)16-14(2,3)4/h6-8H,1-5H3,(H,16,18). The average Bonchev–Trinajstić information content (AvgIpc) is 2.85. The molecule has 1 amide bonds. The van der Waals surface area contributed by atoms with Gasteiger partial charge in [0.2, 0.25) is 0 Å². The van der Waals surface area contributed by atoms with Gasteiger partial charge in [0.1, 0.15) is 10.7 Å². The zero-order valence-electron chi connectivity index (χ0n) is 11.9. The molecule has 0 saturated carbocycles. The summed E-state index contributed by atoms with van der Waals surface area (Å²) in [7, 11) is 2.00. The summed E-state index contributed by atoms with van der Waals surface area (Å²) in [4.78, 5) is 16.4. The van der Waals surface area contributed by atoms with Gasteiger partial charge in [-0.05, 0) is 39.8 Å². The summed E-state index contributed by atoms with van der Waals surface area (Å²) in [6.07, 6.45) is 0. The maximum atomic E-state index is 12.0. The van der Waals surface area contributed by atoms with Crippen molar-refractivity contribution in [3.63, 3.8) is 0 Å². The van der Waals surface area contributed by atoms with E-state index >= 15 is 0 Å². The lowest BCUT2D eigenvalue weighted by atomic mass is 10.1. The molecule has 0 fully saturated rings. The molecule has 0 unspecified atom stereocenters. The summed E-state index contributed by atoms with van der Waals surface area (Å²) >= 11 is 1.49. The molecule has 1 N–H and O–H groups in total. The molecule has 0 bridgehead atoms. The highest BCUT2D eigenvalue weighted by Crippen LogP contribution is 2.25. The van der Waals surface area contributed by atoms with E-state index < -0.39 is 0 Å². The highest BCUT2D eigenvalue weighted by Gasteiger charge is 2.18. The quantitative estimate of drug-likeness (QED) is 0.917. The lowest BCUT2D eigenvalue weighted by Crippen LogP contribution is -2.40. The first kappa shape index (κ1) is 13.8. The van der Waals surface area contributed by atoms with Gasteiger partial charge in [0, 0.05) is 23.7 Å². The maximum Gasteiger partial charge on any atom is 0.271 e. The molecule has 0 radical (unpaired) electrons. The van der Waals surface area contributed by atoms with Gasteiger partial charge < -0.3 is 9.88 Å². The van der Waals surface area contributed by atoms with E-state index in [4.69, 9.17) is 0 Å². The molecule has 0 aliphatic rings. The topological polar surface area (TPSA) is 46.9 Å². The lowest BCUT2D eigenvalue weighted by Gasteiger charge is -2.19. The van der Waals surface area contributed by atoms with Crippen molar-refractivity contribution in [1.29, 1.82) is 0 Å². The van der Waals surface area contributed by atoms with Crippen molar-refractivity contribution in [2.45, 2.75) is 33.2 Å². The van der Waals surface area contributed by atoms with Crippen LogP contribution < -0.4 is 5.32 Å². The van der Waals surface area contributed by atoms with E-state index in [9.17, 15) is 4.79 Å². The number of hydrogen-bond donors (Lipinski definition) is 1. The van der Waals surface area contributed by atoms with E-state index in [0.29, 0.717) is 5.69 Å². The van der Waals surface area contributed by atoms with Crippen molar-refractivity contribution in [3.05, 3.63) is 28.9 Å². The fraction of sp³-hybridized carbons (Fsp3) is 0.429. The predicted octanol–water partition coefficient (Wildman–Crippen LogP) is 2.99. The summed E-state index contributed by atoms with van der Waals surface area (Å²) < 4.78 is 2.07. The number of hydrogen-bond acceptors (Lipinski definition) is 3. The number of aromatic nitrogens is 2. The third-order valence-corrected chi connectivity index (χ3v) is 3.68. The van der Waals surface area contributed by atoms with E-state index in [-0.39, 0.29) is 11.4 Å². The molecule has 5 heteroatoms. The van der Waals surface area contributed by atoms with Gasteiger partial charge >= 0.3 is 0 Å². The van der Waals surface area contributed by atoms with Crippen LogP contribution in [0.4, 0.5) is 0 Å². The molecule has 0 atom stereocenters. The Bertz CT molecular complexity index is 604. The summed E-state index contributed by atoms with van der Waals surface area (Å²) in [5, 5.41) is 5.59. The number of carbonyl (C=O) groups is 1. The van der Waals surface area contributed by atoms with Gasteiger partial charge in [-0.3, -0.25) is 4.79 Å². The molecular formula is C14H19N3OS. The van der Waals surface area contributed by atoms with E-state index in [1.807, 2.05) is 46.9 Å².